The van der Waals surface area contributed by atoms with Crippen LogP contribution >= 0.6 is 35.6 Å². The van der Waals surface area contributed by atoms with Crippen LogP contribution in [-0.2, 0) is 6.54 Å². The molecule has 0 saturated heterocycles. The topological polar surface area (TPSA) is 56.7 Å². The Morgan fingerprint density at radius 2 is 1.86 bits per heavy atom. The number of guanidine groups is 1. The lowest BCUT2D eigenvalue weighted by Gasteiger charge is -2.27. The number of halogens is 2. The largest absolute Gasteiger partial charge is 0.393 e. The standard InChI is InChI=1S/C16H24ClN3O.HI/c1-2-18-16(20-14-7-9-15(21)10-8-14)19-11-12-3-5-13(17)6-4-12;/h3-6,14-15,21H,2,7-11H2,1H3,(H2,18,19,20);1H. The Balaban J connectivity index is 0.00000242. The van der Waals surface area contributed by atoms with E-state index < -0.39 is 0 Å². The van der Waals surface area contributed by atoms with Gasteiger partial charge in [0.1, 0.15) is 0 Å². The molecule has 3 N–H and O–H groups in total. The van der Waals surface area contributed by atoms with Gasteiger partial charge in [-0.25, -0.2) is 4.99 Å². The van der Waals surface area contributed by atoms with Gasteiger partial charge in [-0.2, -0.15) is 0 Å². The van der Waals surface area contributed by atoms with Crippen LogP contribution in [0.15, 0.2) is 29.3 Å². The number of nitrogens with one attached hydrogen (secondary N) is 2. The summed E-state index contributed by atoms with van der Waals surface area (Å²) in [6.07, 6.45) is 3.60. The number of rotatable bonds is 4. The van der Waals surface area contributed by atoms with Gasteiger partial charge in [0.2, 0.25) is 0 Å². The second-order valence-electron chi connectivity index (χ2n) is 5.47. The van der Waals surface area contributed by atoms with Crippen molar-refractivity contribution in [1.82, 2.24) is 10.6 Å². The monoisotopic (exact) mass is 437 g/mol. The van der Waals surface area contributed by atoms with Crippen LogP contribution in [0, 0.1) is 0 Å². The molecule has 0 aromatic heterocycles. The zero-order chi connectivity index (χ0) is 15.1. The van der Waals surface area contributed by atoms with Crippen LogP contribution in [0.1, 0.15) is 38.2 Å². The van der Waals surface area contributed by atoms with E-state index in [1.807, 2.05) is 24.3 Å². The van der Waals surface area contributed by atoms with Crippen LogP contribution < -0.4 is 10.6 Å². The molecule has 124 valence electrons. The first-order valence-electron chi connectivity index (χ1n) is 7.64. The molecule has 1 saturated carbocycles. The number of aliphatic hydroxyl groups excluding tert-OH is 1. The molecule has 0 radical (unpaired) electrons. The first-order chi connectivity index (χ1) is 10.2. The summed E-state index contributed by atoms with van der Waals surface area (Å²) >= 11 is 5.88. The maximum Gasteiger partial charge on any atom is 0.191 e. The van der Waals surface area contributed by atoms with Crippen LogP contribution in [-0.4, -0.2) is 29.8 Å². The highest BCUT2D eigenvalue weighted by Gasteiger charge is 2.19. The second-order valence-corrected chi connectivity index (χ2v) is 5.91. The fraction of sp³-hybridized carbons (Fsp3) is 0.562. The fourth-order valence-corrected chi connectivity index (χ4v) is 2.62. The summed E-state index contributed by atoms with van der Waals surface area (Å²) in [6.45, 7) is 3.52. The quantitative estimate of drug-likeness (QED) is 0.385. The maximum absolute atomic E-state index is 9.55. The highest BCUT2D eigenvalue weighted by Crippen LogP contribution is 2.18. The third-order valence-electron chi connectivity index (χ3n) is 3.71. The third-order valence-corrected chi connectivity index (χ3v) is 3.97. The first kappa shape index (κ1) is 19.5. The van der Waals surface area contributed by atoms with Gasteiger partial charge in [-0.15, -0.1) is 24.0 Å². The smallest absolute Gasteiger partial charge is 0.191 e. The molecule has 1 aromatic rings. The number of hydrogen-bond acceptors (Lipinski definition) is 2. The van der Waals surface area contributed by atoms with E-state index >= 15 is 0 Å². The van der Waals surface area contributed by atoms with Crippen molar-refractivity contribution in [1.29, 1.82) is 0 Å². The van der Waals surface area contributed by atoms with Crippen molar-refractivity contribution in [3.05, 3.63) is 34.9 Å². The average molecular weight is 438 g/mol. The Morgan fingerprint density at radius 1 is 1.23 bits per heavy atom. The molecule has 4 nitrogen and oxygen atoms in total. The highest BCUT2D eigenvalue weighted by molar-refractivity contribution is 14.0. The molecule has 0 amide bonds. The number of aliphatic imine (C=N–C) groups is 1. The summed E-state index contributed by atoms with van der Waals surface area (Å²) in [7, 11) is 0. The summed E-state index contributed by atoms with van der Waals surface area (Å²) < 4.78 is 0. The lowest BCUT2D eigenvalue weighted by atomic mass is 9.93. The predicted octanol–water partition coefficient (Wildman–Crippen LogP) is 3.32. The Kier molecular flexibility index (Phi) is 9.12. The maximum atomic E-state index is 9.55. The lowest BCUT2D eigenvalue weighted by molar-refractivity contribution is 0.120. The zero-order valence-corrected chi connectivity index (χ0v) is 16.0. The molecule has 1 aliphatic carbocycles. The molecule has 0 spiro atoms. The molecular formula is C16H25ClIN3O. The second kappa shape index (κ2) is 10.3. The summed E-state index contributed by atoms with van der Waals surface area (Å²) in [6, 6.07) is 8.15. The van der Waals surface area contributed by atoms with Crippen molar-refractivity contribution in [2.45, 2.75) is 51.3 Å². The number of benzene rings is 1. The summed E-state index contributed by atoms with van der Waals surface area (Å²) in [5, 5.41) is 17.0. The van der Waals surface area contributed by atoms with Gasteiger partial charge < -0.3 is 15.7 Å². The van der Waals surface area contributed by atoms with E-state index in [1.165, 1.54) is 0 Å². The van der Waals surface area contributed by atoms with Crippen LogP contribution in [0.25, 0.3) is 0 Å². The fourth-order valence-electron chi connectivity index (χ4n) is 2.49. The van der Waals surface area contributed by atoms with Gasteiger partial charge in [0.05, 0.1) is 12.6 Å². The van der Waals surface area contributed by atoms with Gasteiger partial charge in [-0.05, 0) is 50.3 Å². The Hall–Kier alpha value is -0.530. The van der Waals surface area contributed by atoms with E-state index in [2.05, 4.69) is 22.5 Å². The van der Waals surface area contributed by atoms with Crippen LogP contribution in [0.3, 0.4) is 0 Å². The number of nitrogens with zero attached hydrogens (tertiary/aromatic N) is 1. The van der Waals surface area contributed by atoms with Gasteiger partial charge in [0.15, 0.2) is 5.96 Å². The van der Waals surface area contributed by atoms with Crippen molar-refractivity contribution in [3.63, 3.8) is 0 Å². The van der Waals surface area contributed by atoms with E-state index in [-0.39, 0.29) is 30.1 Å². The van der Waals surface area contributed by atoms with E-state index in [4.69, 9.17) is 11.6 Å². The van der Waals surface area contributed by atoms with E-state index in [9.17, 15) is 5.11 Å². The molecule has 0 aliphatic heterocycles. The molecule has 0 bridgehead atoms. The molecule has 1 fully saturated rings. The molecule has 0 unspecified atom stereocenters. The minimum atomic E-state index is -0.128. The summed E-state index contributed by atoms with van der Waals surface area (Å²) in [5.41, 5.74) is 1.13. The highest BCUT2D eigenvalue weighted by atomic mass is 127. The van der Waals surface area contributed by atoms with E-state index in [1.54, 1.807) is 0 Å². The molecule has 0 atom stereocenters. The lowest BCUT2D eigenvalue weighted by Crippen LogP contribution is -2.45. The molecule has 0 heterocycles. The first-order valence-corrected chi connectivity index (χ1v) is 8.02. The van der Waals surface area contributed by atoms with Gasteiger partial charge in [-0.1, -0.05) is 23.7 Å². The van der Waals surface area contributed by atoms with Crippen LogP contribution in [0.4, 0.5) is 0 Å². The molecule has 22 heavy (non-hydrogen) atoms. The number of hydrogen-bond donors (Lipinski definition) is 3. The van der Waals surface area contributed by atoms with E-state index in [0.717, 1.165) is 48.8 Å². The minimum Gasteiger partial charge on any atom is -0.393 e. The Morgan fingerprint density at radius 3 is 2.45 bits per heavy atom. The average Bonchev–Trinajstić information content (AvgIpc) is 2.49. The molecule has 1 aromatic carbocycles. The summed E-state index contributed by atoms with van der Waals surface area (Å²) in [4.78, 5) is 4.62. The molecule has 1 aliphatic rings. The molecular weight excluding hydrogens is 413 g/mol. The van der Waals surface area contributed by atoms with Crippen LogP contribution in [0.5, 0.6) is 0 Å². The number of aliphatic hydroxyl groups is 1. The zero-order valence-electron chi connectivity index (χ0n) is 12.9. The van der Waals surface area contributed by atoms with Crippen molar-refractivity contribution in [3.8, 4) is 0 Å². The molecule has 6 heteroatoms. The summed E-state index contributed by atoms with van der Waals surface area (Å²) in [5.74, 6) is 0.842. The molecule has 2 rings (SSSR count). The Labute approximate surface area is 154 Å². The van der Waals surface area contributed by atoms with Gasteiger partial charge >= 0.3 is 0 Å². The SMILES string of the molecule is CCNC(=NCc1ccc(Cl)cc1)NC1CCC(O)CC1.I. The van der Waals surface area contributed by atoms with Crippen molar-refractivity contribution in [2.24, 2.45) is 4.99 Å². The third kappa shape index (κ3) is 6.71. The van der Waals surface area contributed by atoms with Crippen LogP contribution in [0.2, 0.25) is 5.02 Å². The van der Waals surface area contributed by atoms with Crippen molar-refractivity contribution < 1.29 is 5.11 Å². The van der Waals surface area contributed by atoms with Crippen molar-refractivity contribution >= 4 is 41.5 Å². The Bertz CT molecular complexity index is 459. The van der Waals surface area contributed by atoms with Gasteiger partial charge in [-0.3, -0.25) is 0 Å². The normalized spacial score (nSPS) is 21.9. The predicted molar refractivity (Wildman–Crippen MR) is 103 cm³/mol. The van der Waals surface area contributed by atoms with Gasteiger partial charge in [0, 0.05) is 17.6 Å². The van der Waals surface area contributed by atoms with Crippen molar-refractivity contribution in [2.75, 3.05) is 6.54 Å². The minimum absolute atomic E-state index is 0. The van der Waals surface area contributed by atoms with E-state index in [0.29, 0.717) is 12.6 Å². The van der Waals surface area contributed by atoms with Gasteiger partial charge in [0.25, 0.3) is 0 Å².